The van der Waals surface area contributed by atoms with E-state index in [0.717, 1.165) is 42.3 Å². The van der Waals surface area contributed by atoms with Crippen LogP contribution >= 0.6 is 0 Å². The summed E-state index contributed by atoms with van der Waals surface area (Å²) in [4.78, 5) is 9.27. The summed E-state index contributed by atoms with van der Waals surface area (Å²) >= 11 is 0. The van der Waals surface area contributed by atoms with Crippen LogP contribution in [0.4, 0.5) is 11.6 Å². The fraction of sp³-hybridized carbons (Fsp3) is 0.733. The molecule has 1 aromatic heterocycles. The van der Waals surface area contributed by atoms with Gasteiger partial charge in [-0.1, -0.05) is 6.92 Å². The Labute approximate surface area is 120 Å². The lowest BCUT2D eigenvalue weighted by molar-refractivity contribution is 0.102. The van der Waals surface area contributed by atoms with Gasteiger partial charge in [0.05, 0.1) is 18.2 Å². The number of fused-ring (bicyclic) bond motifs is 2. The molecule has 2 N–H and O–H groups in total. The minimum Gasteiger partial charge on any atom is -0.373 e. The fourth-order valence-corrected chi connectivity index (χ4v) is 3.25. The van der Waals surface area contributed by atoms with Crippen LogP contribution in [0, 0.1) is 6.92 Å². The van der Waals surface area contributed by atoms with Gasteiger partial charge >= 0.3 is 0 Å². The van der Waals surface area contributed by atoms with Crippen molar-refractivity contribution in [2.24, 2.45) is 0 Å². The molecule has 2 aliphatic heterocycles. The Morgan fingerprint density at radius 1 is 1.25 bits per heavy atom. The number of hydrogen-bond donors (Lipinski definition) is 2. The average Bonchev–Trinajstić information content (AvgIpc) is 3.05. The molecular weight excluding hydrogens is 252 g/mol. The Bertz CT molecular complexity index is 491. The molecule has 0 aromatic carbocycles. The van der Waals surface area contributed by atoms with Crippen molar-refractivity contribution in [1.29, 1.82) is 0 Å². The molecule has 5 heteroatoms. The van der Waals surface area contributed by atoms with Gasteiger partial charge in [-0.05, 0) is 32.6 Å². The Hall–Kier alpha value is -1.36. The van der Waals surface area contributed by atoms with E-state index in [2.05, 4.69) is 29.5 Å². The van der Waals surface area contributed by atoms with Gasteiger partial charge in [0, 0.05) is 19.0 Å². The molecule has 110 valence electrons. The second-order valence-electron chi connectivity index (χ2n) is 5.82. The van der Waals surface area contributed by atoms with E-state index in [1.807, 2.05) is 7.05 Å². The summed E-state index contributed by atoms with van der Waals surface area (Å²) in [6, 6.07) is 0.404. The van der Waals surface area contributed by atoms with Crippen molar-refractivity contribution in [3.05, 3.63) is 11.4 Å². The summed E-state index contributed by atoms with van der Waals surface area (Å²) in [6.07, 6.45) is 6.29. The van der Waals surface area contributed by atoms with Crippen LogP contribution in [0.1, 0.15) is 44.0 Å². The van der Waals surface area contributed by atoms with Crippen molar-refractivity contribution in [3.63, 3.8) is 0 Å². The minimum atomic E-state index is 0.363. The van der Waals surface area contributed by atoms with E-state index in [1.165, 1.54) is 12.8 Å². The molecule has 2 aliphatic rings. The summed E-state index contributed by atoms with van der Waals surface area (Å²) in [5.74, 6) is 2.80. The molecule has 5 nitrogen and oxygen atoms in total. The van der Waals surface area contributed by atoms with E-state index in [0.29, 0.717) is 18.2 Å². The first-order valence-corrected chi connectivity index (χ1v) is 7.68. The molecule has 0 saturated carbocycles. The molecule has 2 bridgehead atoms. The fourth-order valence-electron chi connectivity index (χ4n) is 3.25. The molecule has 1 aromatic rings. The lowest BCUT2D eigenvalue weighted by Crippen LogP contribution is -2.31. The van der Waals surface area contributed by atoms with E-state index in [4.69, 9.17) is 9.72 Å². The van der Waals surface area contributed by atoms with Crippen LogP contribution in [-0.2, 0) is 11.2 Å². The number of rotatable bonds is 5. The summed E-state index contributed by atoms with van der Waals surface area (Å²) in [7, 11) is 1.91. The molecule has 3 heterocycles. The van der Waals surface area contributed by atoms with Crippen molar-refractivity contribution in [2.75, 3.05) is 17.7 Å². The molecule has 0 radical (unpaired) electrons. The zero-order valence-corrected chi connectivity index (χ0v) is 12.6. The SMILES string of the molecule is CCCc1nc(NC)c(C)c(NC2CC3CCC2O3)n1. The smallest absolute Gasteiger partial charge is 0.135 e. The molecule has 0 aliphatic carbocycles. The van der Waals surface area contributed by atoms with Gasteiger partial charge in [0.2, 0.25) is 0 Å². The molecule has 3 rings (SSSR count). The highest BCUT2D eigenvalue weighted by atomic mass is 16.5. The first kappa shape index (κ1) is 13.6. The van der Waals surface area contributed by atoms with Crippen LogP contribution in [0.2, 0.25) is 0 Å². The predicted octanol–water partition coefficient (Wildman–Crippen LogP) is 2.51. The monoisotopic (exact) mass is 276 g/mol. The predicted molar refractivity (Wildman–Crippen MR) is 80.2 cm³/mol. The Morgan fingerprint density at radius 3 is 2.65 bits per heavy atom. The molecule has 3 unspecified atom stereocenters. The maximum Gasteiger partial charge on any atom is 0.135 e. The maximum absolute atomic E-state index is 5.91. The van der Waals surface area contributed by atoms with Gasteiger partial charge in [-0.3, -0.25) is 0 Å². The quantitative estimate of drug-likeness (QED) is 0.865. The number of hydrogen-bond acceptors (Lipinski definition) is 5. The van der Waals surface area contributed by atoms with Crippen molar-refractivity contribution < 1.29 is 4.74 Å². The third-order valence-electron chi connectivity index (χ3n) is 4.33. The number of ether oxygens (including phenoxy) is 1. The van der Waals surface area contributed by atoms with Crippen LogP contribution in [0.5, 0.6) is 0 Å². The first-order valence-electron chi connectivity index (χ1n) is 7.68. The Balaban J connectivity index is 1.82. The van der Waals surface area contributed by atoms with E-state index >= 15 is 0 Å². The van der Waals surface area contributed by atoms with Crippen molar-refractivity contribution in [2.45, 2.75) is 64.2 Å². The van der Waals surface area contributed by atoms with Gasteiger partial charge in [-0.2, -0.15) is 0 Å². The zero-order valence-electron chi connectivity index (χ0n) is 12.6. The zero-order chi connectivity index (χ0) is 14.1. The first-order chi connectivity index (χ1) is 9.71. The maximum atomic E-state index is 5.91. The van der Waals surface area contributed by atoms with Crippen LogP contribution in [0.3, 0.4) is 0 Å². The molecule has 0 spiro atoms. The molecule has 2 saturated heterocycles. The third kappa shape index (κ3) is 2.46. The standard InChI is InChI=1S/C15H24N4O/c1-4-5-13-18-14(16-3)9(2)15(19-13)17-11-8-10-6-7-12(11)20-10/h10-12H,4-8H2,1-3H3,(H2,16,17,18,19). The summed E-state index contributed by atoms with van der Waals surface area (Å²) in [6.45, 7) is 4.22. The molecular formula is C15H24N4O. The van der Waals surface area contributed by atoms with Gasteiger partial charge in [-0.15, -0.1) is 0 Å². The van der Waals surface area contributed by atoms with E-state index in [9.17, 15) is 0 Å². The normalized spacial score (nSPS) is 27.9. The molecule has 0 amide bonds. The highest BCUT2D eigenvalue weighted by molar-refractivity contribution is 5.57. The molecule has 2 fully saturated rings. The average molecular weight is 276 g/mol. The van der Waals surface area contributed by atoms with Gasteiger partial charge < -0.3 is 15.4 Å². The minimum absolute atomic E-state index is 0.363. The van der Waals surface area contributed by atoms with Gasteiger partial charge in [-0.25, -0.2) is 9.97 Å². The van der Waals surface area contributed by atoms with E-state index in [-0.39, 0.29) is 0 Å². The van der Waals surface area contributed by atoms with E-state index in [1.54, 1.807) is 0 Å². The molecule has 20 heavy (non-hydrogen) atoms. The summed E-state index contributed by atoms with van der Waals surface area (Å²) < 4.78 is 5.91. The van der Waals surface area contributed by atoms with Crippen LogP contribution in [-0.4, -0.2) is 35.3 Å². The lowest BCUT2D eigenvalue weighted by atomic mass is 9.95. The van der Waals surface area contributed by atoms with Crippen LogP contribution < -0.4 is 10.6 Å². The second-order valence-corrected chi connectivity index (χ2v) is 5.82. The number of anilines is 2. The highest BCUT2D eigenvalue weighted by Gasteiger charge is 2.41. The largest absolute Gasteiger partial charge is 0.373 e. The van der Waals surface area contributed by atoms with Gasteiger partial charge in [0.1, 0.15) is 17.5 Å². The Kier molecular flexibility index (Phi) is 3.78. The summed E-state index contributed by atoms with van der Waals surface area (Å²) in [5.41, 5.74) is 1.09. The van der Waals surface area contributed by atoms with Crippen molar-refractivity contribution in [1.82, 2.24) is 9.97 Å². The van der Waals surface area contributed by atoms with Crippen LogP contribution in [0.25, 0.3) is 0 Å². The number of aromatic nitrogens is 2. The van der Waals surface area contributed by atoms with Crippen molar-refractivity contribution in [3.8, 4) is 0 Å². The number of nitrogens with zero attached hydrogens (tertiary/aromatic N) is 2. The second kappa shape index (κ2) is 5.56. The van der Waals surface area contributed by atoms with Gasteiger partial charge in [0.25, 0.3) is 0 Å². The topological polar surface area (TPSA) is 59.1 Å². The van der Waals surface area contributed by atoms with E-state index < -0.39 is 0 Å². The Morgan fingerprint density at radius 2 is 2.05 bits per heavy atom. The highest BCUT2D eigenvalue weighted by Crippen LogP contribution is 2.36. The lowest BCUT2D eigenvalue weighted by Gasteiger charge is -2.22. The molecule has 3 atom stereocenters. The van der Waals surface area contributed by atoms with Gasteiger partial charge in [0.15, 0.2) is 0 Å². The number of nitrogens with one attached hydrogen (secondary N) is 2. The summed E-state index contributed by atoms with van der Waals surface area (Å²) in [5, 5.41) is 6.77. The van der Waals surface area contributed by atoms with Crippen LogP contribution in [0.15, 0.2) is 0 Å². The number of aryl methyl sites for hydroxylation is 1. The van der Waals surface area contributed by atoms with Crippen molar-refractivity contribution >= 4 is 11.6 Å². The third-order valence-corrected chi connectivity index (χ3v) is 4.33.